The standard InChI is InChI=1S/C16H14N2O2/c19-16(13-7-4-8-17-11-13)10-14-9-15(18-20-14)12-5-2-1-3-6-12/h1-8,11,14H,9-10H2. The lowest BCUT2D eigenvalue weighted by Crippen LogP contribution is -2.14. The van der Waals surface area contributed by atoms with Crippen molar-refractivity contribution in [1.29, 1.82) is 0 Å². The highest BCUT2D eigenvalue weighted by atomic mass is 16.6. The van der Waals surface area contributed by atoms with E-state index in [1.165, 1.54) is 0 Å². The van der Waals surface area contributed by atoms with Crippen LogP contribution >= 0.6 is 0 Å². The summed E-state index contributed by atoms with van der Waals surface area (Å²) in [4.78, 5) is 21.4. The molecule has 0 saturated heterocycles. The zero-order valence-corrected chi connectivity index (χ0v) is 10.9. The highest BCUT2D eigenvalue weighted by molar-refractivity contribution is 6.02. The summed E-state index contributed by atoms with van der Waals surface area (Å²) in [5, 5.41) is 4.08. The lowest BCUT2D eigenvalue weighted by molar-refractivity contribution is 0.0659. The summed E-state index contributed by atoms with van der Waals surface area (Å²) in [6, 6.07) is 13.4. The predicted octanol–water partition coefficient (Wildman–Crippen LogP) is 2.85. The van der Waals surface area contributed by atoms with E-state index in [9.17, 15) is 4.79 Å². The first-order valence-electron chi connectivity index (χ1n) is 6.54. The molecule has 20 heavy (non-hydrogen) atoms. The van der Waals surface area contributed by atoms with Gasteiger partial charge in [0.05, 0.1) is 12.1 Å². The van der Waals surface area contributed by atoms with E-state index >= 15 is 0 Å². The number of oxime groups is 1. The van der Waals surface area contributed by atoms with Crippen LogP contribution in [-0.4, -0.2) is 22.6 Å². The minimum absolute atomic E-state index is 0.0348. The number of carbonyl (C=O) groups excluding carboxylic acids is 1. The summed E-state index contributed by atoms with van der Waals surface area (Å²) >= 11 is 0. The molecule has 0 bridgehead atoms. The van der Waals surface area contributed by atoms with E-state index in [-0.39, 0.29) is 11.9 Å². The van der Waals surface area contributed by atoms with Crippen molar-refractivity contribution in [2.75, 3.05) is 0 Å². The van der Waals surface area contributed by atoms with E-state index in [2.05, 4.69) is 10.1 Å². The number of ketones is 1. The zero-order chi connectivity index (χ0) is 13.8. The van der Waals surface area contributed by atoms with Crippen molar-refractivity contribution in [1.82, 2.24) is 4.98 Å². The second-order valence-electron chi connectivity index (χ2n) is 4.70. The summed E-state index contributed by atoms with van der Waals surface area (Å²) in [6.45, 7) is 0. The quantitative estimate of drug-likeness (QED) is 0.799. The van der Waals surface area contributed by atoms with Gasteiger partial charge in [-0.15, -0.1) is 0 Å². The minimum atomic E-state index is -0.182. The van der Waals surface area contributed by atoms with Crippen molar-refractivity contribution in [3.63, 3.8) is 0 Å². The molecule has 2 heterocycles. The third-order valence-corrected chi connectivity index (χ3v) is 3.24. The molecule has 1 aromatic heterocycles. The van der Waals surface area contributed by atoms with Crippen LogP contribution < -0.4 is 0 Å². The lowest BCUT2D eigenvalue weighted by Gasteiger charge is -2.06. The van der Waals surface area contributed by atoms with Crippen LogP contribution in [0.25, 0.3) is 0 Å². The molecule has 1 aliphatic rings. The van der Waals surface area contributed by atoms with Gasteiger partial charge in [0.1, 0.15) is 6.10 Å². The van der Waals surface area contributed by atoms with Gasteiger partial charge in [0, 0.05) is 24.4 Å². The molecule has 3 rings (SSSR count). The topological polar surface area (TPSA) is 51.5 Å². The highest BCUT2D eigenvalue weighted by Gasteiger charge is 2.25. The van der Waals surface area contributed by atoms with Crippen molar-refractivity contribution in [3.05, 3.63) is 66.0 Å². The van der Waals surface area contributed by atoms with E-state index in [4.69, 9.17) is 4.84 Å². The molecule has 0 aliphatic carbocycles. The maximum atomic E-state index is 12.1. The van der Waals surface area contributed by atoms with Gasteiger partial charge in [-0.3, -0.25) is 9.78 Å². The van der Waals surface area contributed by atoms with Crippen molar-refractivity contribution < 1.29 is 9.63 Å². The summed E-state index contributed by atoms with van der Waals surface area (Å²) < 4.78 is 0. The summed E-state index contributed by atoms with van der Waals surface area (Å²) in [6.07, 6.45) is 4.04. The molecule has 0 fully saturated rings. The molecule has 2 aromatic rings. The average molecular weight is 266 g/mol. The maximum Gasteiger partial charge on any atom is 0.168 e. The molecule has 0 radical (unpaired) electrons. The monoisotopic (exact) mass is 266 g/mol. The number of hydrogen-bond acceptors (Lipinski definition) is 4. The molecule has 1 atom stereocenters. The van der Waals surface area contributed by atoms with Crippen LogP contribution in [0.3, 0.4) is 0 Å². The molecule has 1 aromatic carbocycles. The Morgan fingerprint density at radius 3 is 2.80 bits per heavy atom. The number of hydrogen-bond donors (Lipinski definition) is 0. The van der Waals surface area contributed by atoms with Gasteiger partial charge in [0.15, 0.2) is 5.78 Å². The Labute approximate surface area is 117 Å². The summed E-state index contributed by atoms with van der Waals surface area (Å²) in [5.41, 5.74) is 2.56. The molecule has 1 aliphatic heterocycles. The number of nitrogens with zero attached hydrogens (tertiary/aromatic N) is 2. The SMILES string of the molecule is O=C(CC1CC(c2ccccc2)=NO1)c1cccnc1. The normalized spacial score (nSPS) is 17.4. The fourth-order valence-corrected chi connectivity index (χ4v) is 2.19. The zero-order valence-electron chi connectivity index (χ0n) is 10.9. The first-order valence-corrected chi connectivity index (χ1v) is 6.54. The Kier molecular flexibility index (Phi) is 3.54. The number of rotatable bonds is 4. The fraction of sp³-hybridized carbons (Fsp3) is 0.188. The van der Waals surface area contributed by atoms with Crippen LogP contribution in [0, 0.1) is 0 Å². The van der Waals surface area contributed by atoms with Gasteiger partial charge in [-0.05, 0) is 17.7 Å². The van der Waals surface area contributed by atoms with Crippen molar-refractivity contribution in [2.24, 2.45) is 5.16 Å². The molecule has 0 saturated carbocycles. The van der Waals surface area contributed by atoms with Gasteiger partial charge in [-0.25, -0.2) is 0 Å². The maximum absolute atomic E-state index is 12.1. The molecule has 0 N–H and O–H groups in total. The number of aromatic nitrogens is 1. The third kappa shape index (κ3) is 2.74. The smallest absolute Gasteiger partial charge is 0.168 e. The second kappa shape index (κ2) is 5.65. The lowest BCUT2D eigenvalue weighted by atomic mass is 10.0. The van der Waals surface area contributed by atoms with E-state index in [1.807, 2.05) is 30.3 Å². The predicted molar refractivity (Wildman–Crippen MR) is 75.7 cm³/mol. The molecule has 100 valence electrons. The Morgan fingerprint density at radius 2 is 2.05 bits per heavy atom. The molecule has 0 spiro atoms. The molecular weight excluding hydrogens is 252 g/mol. The van der Waals surface area contributed by atoms with Crippen molar-refractivity contribution in [3.8, 4) is 0 Å². The third-order valence-electron chi connectivity index (χ3n) is 3.24. The average Bonchev–Trinajstić information content (AvgIpc) is 2.97. The van der Waals surface area contributed by atoms with Crippen molar-refractivity contribution in [2.45, 2.75) is 18.9 Å². The highest BCUT2D eigenvalue weighted by Crippen LogP contribution is 2.20. The summed E-state index contributed by atoms with van der Waals surface area (Å²) in [7, 11) is 0. The van der Waals surface area contributed by atoms with Gasteiger partial charge in [-0.1, -0.05) is 35.5 Å². The molecule has 0 amide bonds. The Balaban J connectivity index is 1.61. The Morgan fingerprint density at radius 1 is 1.20 bits per heavy atom. The largest absolute Gasteiger partial charge is 0.391 e. The van der Waals surface area contributed by atoms with Crippen LogP contribution in [0.2, 0.25) is 0 Å². The first-order chi connectivity index (χ1) is 9.83. The number of benzene rings is 1. The number of Topliss-reactive ketones (excluding diaryl/α,β-unsaturated/α-hetero) is 1. The van der Waals surface area contributed by atoms with Crippen LogP contribution in [-0.2, 0) is 4.84 Å². The van der Waals surface area contributed by atoms with Gasteiger partial charge in [-0.2, -0.15) is 0 Å². The van der Waals surface area contributed by atoms with Gasteiger partial charge in [0.2, 0.25) is 0 Å². The number of pyridine rings is 1. The van der Waals surface area contributed by atoms with Crippen molar-refractivity contribution >= 4 is 11.5 Å². The minimum Gasteiger partial charge on any atom is -0.391 e. The molecule has 1 unspecified atom stereocenters. The van der Waals surface area contributed by atoms with Crippen LogP contribution in [0.5, 0.6) is 0 Å². The van der Waals surface area contributed by atoms with Crippen LogP contribution in [0.4, 0.5) is 0 Å². The van der Waals surface area contributed by atoms with Crippen LogP contribution in [0.15, 0.2) is 60.0 Å². The first kappa shape index (κ1) is 12.5. The summed E-state index contributed by atoms with van der Waals surface area (Å²) in [5.74, 6) is 0.0348. The van der Waals surface area contributed by atoms with Gasteiger partial charge < -0.3 is 4.84 Å². The van der Waals surface area contributed by atoms with E-state index < -0.39 is 0 Å². The van der Waals surface area contributed by atoms with Crippen LogP contribution in [0.1, 0.15) is 28.8 Å². The van der Waals surface area contributed by atoms with E-state index in [0.717, 1.165) is 11.3 Å². The van der Waals surface area contributed by atoms with E-state index in [1.54, 1.807) is 24.5 Å². The fourth-order valence-electron chi connectivity index (χ4n) is 2.19. The second-order valence-corrected chi connectivity index (χ2v) is 4.70. The molecule has 4 nitrogen and oxygen atoms in total. The Bertz CT molecular complexity index is 623. The van der Waals surface area contributed by atoms with E-state index in [0.29, 0.717) is 18.4 Å². The van der Waals surface area contributed by atoms with Gasteiger partial charge in [0.25, 0.3) is 0 Å². The number of carbonyl (C=O) groups is 1. The molecule has 4 heteroatoms. The molecular formula is C16H14N2O2. The van der Waals surface area contributed by atoms with Gasteiger partial charge >= 0.3 is 0 Å². The Hall–Kier alpha value is -2.49.